The Morgan fingerprint density at radius 2 is 2.26 bits per heavy atom. The Morgan fingerprint density at radius 3 is 2.84 bits per heavy atom. The number of hydrogen-bond donors (Lipinski definition) is 2. The number of anilines is 1. The molecule has 2 rings (SSSR count). The van der Waals surface area contributed by atoms with E-state index in [0.717, 1.165) is 18.8 Å². The molecule has 0 spiro atoms. The zero-order chi connectivity index (χ0) is 14.0. The largest absolute Gasteiger partial charge is 0.409 e. The van der Waals surface area contributed by atoms with E-state index in [4.69, 9.17) is 22.5 Å². The van der Waals surface area contributed by atoms with Crippen molar-refractivity contribution in [3.8, 4) is 0 Å². The molecular formula is C14H20ClN3O. The molecule has 19 heavy (non-hydrogen) atoms. The molecular weight excluding hydrogens is 262 g/mol. The minimum Gasteiger partial charge on any atom is -0.409 e. The maximum atomic E-state index is 8.89. The molecule has 1 aliphatic heterocycles. The molecule has 0 amide bonds. The van der Waals surface area contributed by atoms with Crippen LogP contribution in [0.5, 0.6) is 0 Å². The predicted molar refractivity (Wildman–Crippen MR) is 79.1 cm³/mol. The van der Waals surface area contributed by atoms with Crippen molar-refractivity contribution in [2.45, 2.75) is 20.3 Å². The SMILES string of the molecule is CC(C)C1CCN(c2ccc(Cl)cc2/C(N)=N/O)C1. The van der Waals surface area contributed by atoms with E-state index in [1.165, 1.54) is 6.42 Å². The number of nitrogens with two attached hydrogens (primary N) is 1. The molecule has 4 nitrogen and oxygen atoms in total. The maximum Gasteiger partial charge on any atom is 0.172 e. The first-order valence-electron chi connectivity index (χ1n) is 6.55. The zero-order valence-corrected chi connectivity index (χ0v) is 12.1. The minimum atomic E-state index is 0.102. The van der Waals surface area contributed by atoms with Crippen molar-refractivity contribution in [3.63, 3.8) is 0 Å². The average Bonchev–Trinajstić information content (AvgIpc) is 2.87. The van der Waals surface area contributed by atoms with E-state index >= 15 is 0 Å². The number of halogens is 1. The molecule has 1 aromatic rings. The lowest BCUT2D eigenvalue weighted by Gasteiger charge is -2.22. The summed E-state index contributed by atoms with van der Waals surface area (Å²) in [6.07, 6.45) is 1.18. The summed E-state index contributed by atoms with van der Waals surface area (Å²) in [4.78, 5) is 2.29. The number of benzene rings is 1. The fraction of sp³-hybridized carbons (Fsp3) is 0.500. The number of nitrogens with zero attached hydrogens (tertiary/aromatic N) is 2. The van der Waals surface area contributed by atoms with Crippen LogP contribution in [0.3, 0.4) is 0 Å². The fourth-order valence-electron chi connectivity index (χ4n) is 2.59. The third-order valence-electron chi connectivity index (χ3n) is 3.85. The lowest BCUT2D eigenvalue weighted by atomic mass is 9.95. The number of rotatable bonds is 3. The first kappa shape index (κ1) is 14.0. The van der Waals surface area contributed by atoms with Gasteiger partial charge in [-0.05, 0) is 36.5 Å². The van der Waals surface area contributed by atoms with Gasteiger partial charge in [0, 0.05) is 29.4 Å². The van der Waals surface area contributed by atoms with Crippen LogP contribution in [0.1, 0.15) is 25.8 Å². The summed E-state index contributed by atoms with van der Waals surface area (Å²) in [5.74, 6) is 1.46. The third-order valence-corrected chi connectivity index (χ3v) is 4.09. The van der Waals surface area contributed by atoms with E-state index < -0.39 is 0 Å². The maximum absolute atomic E-state index is 8.89. The van der Waals surface area contributed by atoms with Crippen LogP contribution in [-0.2, 0) is 0 Å². The van der Waals surface area contributed by atoms with Gasteiger partial charge in [0.2, 0.25) is 0 Å². The molecule has 1 heterocycles. The molecule has 0 aromatic heterocycles. The summed E-state index contributed by atoms with van der Waals surface area (Å²) in [6, 6.07) is 5.53. The van der Waals surface area contributed by atoms with Crippen LogP contribution in [0.4, 0.5) is 5.69 Å². The summed E-state index contributed by atoms with van der Waals surface area (Å²) in [7, 11) is 0. The van der Waals surface area contributed by atoms with Gasteiger partial charge in [-0.1, -0.05) is 30.6 Å². The van der Waals surface area contributed by atoms with Crippen LogP contribution in [0.25, 0.3) is 0 Å². The Bertz CT molecular complexity index is 488. The van der Waals surface area contributed by atoms with E-state index in [1.807, 2.05) is 12.1 Å². The standard InChI is InChI=1S/C14H20ClN3O/c1-9(2)10-5-6-18(8-10)13-4-3-11(15)7-12(13)14(16)17-19/h3-4,7,9-10,19H,5-6,8H2,1-2H3,(H2,16,17). The molecule has 1 fully saturated rings. The molecule has 0 saturated carbocycles. The highest BCUT2D eigenvalue weighted by Gasteiger charge is 2.26. The van der Waals surface area contributed by atoms with Crippen LogP contribution in [0.2, 0.25) is 5.02 Å². The molecule has 0 bridgehead atoms. The highest BCUT2D eigenvalue weighted by molar-refractivity contribution is 6.31. The van der Waals surface area contributed by atoms with Gasteiger partial charge >= 0.3 is 0 Å². The number of oxime groups is 1. The lowest BCUT2D eigenvalue weighted by Crippen LogP contribution is -2.25. The van der Waals surface area contributed by atoms with Crippen molar-refractivity contribution in [2.75, 3.05) is 18.0 Å². The van der Waals surface area contributed by atoms with Crippen molar-refractivity contribution in [3.05, 3.63) is 28.8 Å². The summed E-state index contributed by atoms with van der Waals surface area (Å²) >= 11 is 5.99. The minimum absolute atomic E-state index is 0.102. The van der Waals surface area contributed by atoms with Crippen LogP contribution >= 0.6 is 11.6 Å². The second-order valence-corrected chi connectivity index (χ2v) is 5.82. The lowest BCUT2D eigenvalue weighted by molar-refractivity contribution is 0.318. The van der Waals surface area contributed by atoms with Gasteiger partial charge in [0.05, 0.1) is 0 Å². The summed E-state index contributed by atoms with van der Waals surface area (Å²) in [5.41, 5.74) is 7.42. The Labute approximate surface area is 118 Å². The second kappa shape index (κ2) is 5.70. The second-order valence-electron chi connectivity index (χ2n) is 5.39. The molecule has 1 aliphatic rings. The Balaban J connectivity index is 2.30. The Morgan fingerprint density at radius 1 is 1.53 bits per heavy atom. The highest BCUT2D eigenvalue weighted by Crippen LogP contribution is 2.31. The van der Waals surface area contributed by atoms with E-state index in [9.17, 15) is 0 Å². The van der Waals surface area contributed by atoms with Crippen molar-refractivity contribution < 1.29 is 5.21 Å². The molecule has 0 aliphatic carbocycles. The van der Waals surface area contributed by atoms with Gasteiger partial charge < -0.3 is 15.8 Å². The van der Waals surface area contributed by atoms with E-state index in [1.54, 1.807) is 6.07 Å². The van der Waals surface area contributed by atoms with Gasteiger partial charge in [0.1, 0.15) is 0 Å². The van der Waals surface area contributed by atoms with E-state index in [2.05, 4.69) is 23.9 Å². The van der Waals surface area contributed by atoms with Crippen LogP contribution < -0.4 is 10.6 Å². The van der Waals surface area contributed by atoms with E-state index in [-0.39, 0.29) is 5.84 Å². The molecule has 104 valence electrons. The van der Waals surface area contributed by atoms with Crippen LogP contribution in [0, 0.1) is 11.8 Å². The summed E-state index contributed by atoms with van der Waals surface area (Å²) in [6.45, 7) is 6.50. The highest BCUT2D eigenvalue weighted by atomic mass is 35.5. The molecule has 1 saturated heterocycles. The van der Waals surface area contributed by atoms with Gasteiger partial charge in [0.25, 0.3) is 0 Å². The Kier molecular flexibility index (Phi) is 4.20. The first-order valence-corrected chi connectivity index (χ1v) is 6.93. The number of amidine groups is 1. The summed E-state index contributed by atoms with van der Waals surface area (Å²) < 4.78 is 0. The first-order chi connectivity index (χ1) is 9.02. The summed E-state index contributed by atoms with van der Waals surface area (Å²) in [5, 5.41) is 12.6. The third kappa shape index (κ3) is 2.95. The average molecular weight is 282 g/mol. The predicted octanol–water partition coefficient (Wildman–Crippen LogP) is 2.92. The van der Waals surface area contributed by atoms with Gasteiger partial charge in [-0.15, -0.1) is 0 Å². The molecule has 1 aromatic carbocycles. The molecule has 5 heteroatoms. The molecule has 0 radical (unpaired) electrons. The smallest absolute Gasteiger partial charge is 0.172 e. The van der Waals surface area contributed by atoms with Gasteiger partial charge in [-0.25, -0.2) is 0 Å². The zero-order valence-electron chi connectivity index (χ0n) is 11.3. The van der Waals surface area contributed by atoms with Crippen LogP contribution in [-0.4, -0.2) is 24.1 Å². The molecule has 1 atom stereocenters. The Hall–Kier alpha value is -1.42. The topological polar surface area (TPSA) is 61.8 Å². The molecule has 3 N–H and O–H groups in total. The molecule has 1 unspecified atom stereocenters. The van der Waals surface area contributed by atoms with Crippen molar-refractivity contribution >= 4 is 23.1 Å². The normalized spacial score (nSPS) is 20.3. The van der Waals surface area contributed by atoms with Crippen molar-refractivity contribution in [1.29, 1.82) is 0 Å². The van der Waals surface area contributed by atoms with Gasteiger partial charge in [-0.2, -0.15) is 0 Å². The van der Waals surface area contributed by atoms with Gasteiger partial charge in [-0.3, -0.25) is 0 Å². The quantitative estimate of drug-likeness (QED) is 0.388. The van der Waals surface area contributed by atoms with E-state index in [0.29, 0.717) is 22.4 Å². The van der Waals surface area contributed by atoms with Gasteiger partial charge in [0.15, 0.2) is 5.84 Å². The van der Waals surface area contributed by atoms with Crippen molar-refractivity contribution in [2.24, 2.45) is 22.7 Å². The number of hydrogen-bond acceptors (Lipinski definition) is 3. The van der Waals surface area contributed by atoms with Crippen molar-refractivity contribution in [1.82, 2.24) is 0 Å². The monoisotopic (exact) mass is 281 g/mol. The fourth-order valence-corrected chi connectivity index (χ4v) is 2.77. The van der Waals surface area contributed by atoms with Crippen LogP contribution in [0.15, 0.2) is 23.4 Å².